The molecule has 0 aliphatic carbocycles. The summed E-state index contributed by atoms with van der Waals surface area (Å²) in [6.45, 7) is 3.50. The third-order valence-electron chi connectivity index (χ3n) is 3.67. The Hall–Kier alpha value is -2.23. The van der Waals surface area contributed by atoms with Crippen LogP contribution in [-0.4, -0.2) is 31.0 Å². The lowest BCUT2D eigenvalue weighted by Gasteiger charge is -2.35. The summed E-state index contributed by atoms with van der Waals surface area (Å²) in [4.78, 5) is 19.8. The molecule has 4 nitrogen and oxygen atoms in total. The zero-order valence-corrected chi connectivity index (χ0v) is 11.2. The molecular weight excluding hydrogens is 238 g/mol. The van der Waals surface area contributed by atoms with Gasteiger partial charge in [0.05, 0.1) is 16.9 Å². The van der Waals surface area contributed by atoms with Crippen molar-refractivity contribution < 1.29 is 4.79 Å². The molecule has 0 unspecified atom stereocenters. The van der Waals surface area contributed by atoms with E-state index in [0.29, 0.717) is 0 Å². The first-order valence-electron chi connectivity index (χ1n) is 6.44. The number of carbonyl (C=O) groups excluding carboxylic acids is 1. The first-order chi connectivity index (χ1) is 9.18. The van der Waals surface area contributed by atoms with Gasteiger partial charge in [0.2, 0.25) is 0 Å². The third-order valence-corrected chi connectivity index (χ3v) is 3.67. The minimum atomic E-state index is 0.0688. The summed E-state index contributed by atoms with van der Waals surface area (Å²) in [6.07, 6.45) is 1.81. The summed E-state index contributed by atoms with van der Waals surface area (Å²) >= 11 is 0. The SMILES string of the molecule is Cc1[nH]ccc1C(=O)N1CCN(C)c2ccccc21. The fourth-order valence-electron chi connectivity index (χ4n) is 2.55. The van der Waals surface area contributed by atoms with Gasteiger partial charge >= 0.3 is 0 Å². The van der Waals surface area contributed by atoms with Crippen LogP contribution < -0.4 is 9.80 Å². The molecule has 19 heavy (non-hydrogen) atoms. The molecule has 1 aromatic heterocycles. The van der Waals surface area contributed by atoms with Gasteiger partial charge in [-0.2, -0.15) is 0 Å². The van der Waals surface area contributed by atoms with Crippen molar-refractivity contribution in [3.05, 3.63) is 47.8 Å². The molecule has 0 fully saturated rings. The van der Waals surface area contributed by atoms with Crippen molar-refractivity contribution in [3.63, 3.8) is 0 Å². The molecule has 0 saturated heterocycles. The second-order valence-corrected chi connectivity index (χ2v) is 4.88. The maximum absolute atomic E-state index is 12.6. The number of aromatic amines is 1. The smallest absolute Gasteiger partial charge is 0.260 e. The van der Waals surface area contributed by atoms with Gasteiger partial charge in [-0.15, -0.1) is 0 Å². The standard InChI is InChI=1S/C15H17N3O/c1-11-12(7-8-16-11)15(19)18-10-9-17(2)13-5-3-4-6-14(13)18/h3-8,16H,9-10H2,1-2H3. The number of rotatable bonds is 1. The molecule has 1 aliphatic rings. The first-order valence-corrected chi connectivity index (χ1v) is 6.44. The second kappa shape index (κ2) is 4.46. The minimum Gasteiger partial charge on any atom is -0.371 e. The van der Waals surface area contributed by atoms with Gasteiger partial charge in [0, 0.05) is 32.0 Å². The van der Waals surface area contributed by atoms with E-state index in [1.807, 2.05) is 42.3 Å². The van der Waals surface area contributed by atoms with E-state index in [-0.39, 0.29) is 5.91 Å². The average molecular weight is 255 g/mol. The molecule has 0 atom stereocenters. The van der Waals surface area contributed by atoms with Gasteiger partial charge in [-0.1, -0.05) is 12.1 Å². The van der Waals surface area contributed by atoms with Gasteiger partial charge < -0.3 is 14.8 Å². The Balaban J connectivity index is 2.01. The predicted molar refractivity (Wildman–Crippen MR) is 76.9 cm³/mol. The Morgan fingerprint density at radius 2 is 1.89 bits per heavy atom. The van der Waals surface area contributed by atoms with Gasteiger partial charge in [0.15, 0.2) is 0 Å². The van der Waals surface area contributed by atoms with E-state index in [0.717, 1.165) is 35.7 Å². The number of fused-ring (bicyclic) bond motifs is 1. The van der Waals surface area contributed by atoms with Crippen molar-refractivity contribution in [2.75, 3.05) is 29.9 Å². The number of hydrogen-bond acceptors (Lipinski definition) is 2. The minimum absolute atomic E-state index is 0.0688. The molecule has 98 valence electrons. The van der Waals surface area contributed by atoms with E-state index in [1.54, 1.807) is 0 Å². The van der Waals surface area contributed by atoms with E-state index >= 15 is 0 Å². The number of nitrogens with zero attached hydrogens (tertiary/aromatic N) is 2. The van der Waals surface area contributed by atoms with Crippen LogP contribution >= 0.6 is 0 Å². The lowest BCUT2D eigenvalue weighted by molar-refractivity contribution is 0.0986. The zero-order valence-electron chi connectivity index (χ0n) is 11.2. The lowest BCUT2D eigenvalue weighted by Crippen LogP contribution is -2.42. The van der Waals surface area contributed by atoms with Gasteiger partial charge in [-0.3, -0.25) is 4.79 Å². The van der Waals surface area contributed by atoms with Crippen LogP contribution in [0, 0.1) is 6.92 Å². The van der Waals surface area contributed by atoms with Crippen molar-refractivity contribution in [3.8, 4) is 0 Å². The number of aromatic nitrogens is 1. The largest absolute Gasteiger partial charge is 0.371 e. The number of benzene rings is 1. The van der Waals surface area contributed by atoms with Gasteiger partial charge in [-0.05, 0) is 25.1 Å². The van der Waals surface area contributed by atoms with Gasteiger partial charge in [0.1, 0.15) is 0 Å². The van der Waals surface area contributed by atoms with Crippen molar-refractivity contribution in [1.29, 1.82) is 0 Å². The number of carbonyl (C=O) groups is 1. The molecule has 1 N–H and O–H groups in total. The molecule has 2 heterocycles. The zero-order chi connectivity index (χ0) is 13.4. The normalized spacial score (nSPS) is 14.4. The summed E-state index contributed by atoms with van der Waals surface area (Å²) < 4.78 is 0. The van der Waals surface area contributed by atoms with Gasteiger partial charge in [0.25, 0.3) is 5.91 Å². The summed E-state index contributed by atoms with van der Waals surface area (Å²) in [5, 5.41) is 0. The van der Waals surface area contributed by atoms with Crippen LogP contribution in [0.2, 0.25) is 0 Å². The van der Waals surface area contributed by atoms with Crippen molar-refractivity contribution >= 4 is 17.3 Å². The maximum Gasteiger partial charge on any atom is 0.260 e. The highest BCUT2D eigenvalue weighted by Gasteiger charge is 2.26. The Kier molecular flexibility index (Phi) is 2.78. The summed E-state index contributed by atoms with van der Waals surface area (Å²) in [6, 6.07) is 9.88. The number of para-hydroxylation sites is 2. The number of aryl methyl sites for hydroxylation is 1. The number of anilines is 2. The molecule has 2 aromatic rings. The molecule has 0 bridgehead atoms. The number of likely N-dealkylation sites (N-methyl/N-ethyl adjacent to an activating group) is 1. The lowest BCUT2D eigenvalue weighted by atomic mass is 10.1. The number of amides is 1. The number of hydrogen-bond donors (Lipinski definition) is 1. The van der Waals surface area contributed by atoms with Crippen molar-refractivity contribution in [2.24, 2.45) is 0 Å². The van der Waals surface area contributed by atoms with E-state index < -0.39 is 0 Å². The summed E-state index contributed by atoms with van der Waals surface area (Å²) in [7, 11) is 2.06. The molecule has 3 rings (SSSR count). The predicted octanol–water partition coefficient (Wildman–Crippen LogP) is 2.42. The Morgan fingerprint density at radius 3 is 2.58 bits per heavy atom. The van der Waals surface area contributed by atoms with Gasteiger partial charge in [-0.25, -0.2) is 0 Å². The average Bonchev–Trinajstić information content (AvgIpc) is 2.85. The van der Waals surface area contributed by atoms with Crippen molar-refractivity contribution in [1.82, 2.24) is 4.98 Å². The van der Waals surface area contributed by atoms with E-state index in [2.05, 4.69) is 23.0 Å². The second-order valence-electron chi connectivity index (χ2n) is 4.88. The Labute approximate surface area is 112 Å². The van der Waals surface area contributed by atoms with E-state index in [4.69, 9.17) is 0 Å². The van der Waals surface area contributed by atoms with Crippen LogP contribution in [-0.2, 0) is 0 Å². The highest BCUT2D eigenvalue weighted by molar-refractivity contribution is 6.09. The molecule has 1 amide bonds. The first kappa shape index (κ1) is 11.8. The molecule has 0 radical (unpaired) electrons. The van der Waals surface area contributed by atoms with Crippen LogP contribution in [0.3, 0.4) is 0 Å². The van der Waals surface area contributed by atoms with Crippen LogP contribution in [0.15, 0.2) is 36.5 Å². The van der Waals surface area contributed by atoms with Crippen molar-refractivity contribution in [2.45, 2.75) is 6.92 Å². The monoisotopic (exact) mass is 255 g/mol. The maximum atomic E-state index is 12.6. The van der Waals surface area contributed by atoms with Crippen LogP contribution in [0.25, 0.3) is 0 Å². The summed E-state index contributed by atoms with van der Waals surface area (Å²) in [5.41, 5.74) is 3.76. The Morgan fingerprint density at radius 1 is 1.16 bits per heavy atom. The van der Waals surface area contributed by atoms with E-state index in [1.165, 1.54) is 0 Å². The fraction of sp³-hybridized carbons (Fsp3) is 0.267. The Bertz CT molecular complexity index is 617. The highest BCUT2D eigenvalue weighted by Crippen LogP contribution is 2.32. The highest BCUT2D eigenvalue weighted by atomic mass is 16.2. The van der Waals surface area contributed by atoms with Crippen LogP contribution in [0.1, 0.15) is 16.1 Å². The van der Waals surface area contributed by atoms with Crippen LogP contribution in [0.5, 0.6) is 0 Å². The molecule has 0 saturated carbocycles. The topological polar surface area (TPSA) is 39.3 Å². The van der Waals surface area contributed by atoms with E-state index in [9.17, 15) is 4.79 Å². The molecule has 4 heteroatoms. The molecule has 1 aromatic carbocycles. The summed E-state index contributed by atoms with van der Waals surface area (Å²) in [5.74, 6) is 0.0688. The van der Waals surface area contributed by atoms with Crippen LogP contribution in [0.4, 0.5) is 11.4 Å². The fourth-order valence-corrected chi connectivity index (χ4v) is 2.55. The third kappa shape index (κ3) is 1.89. The number of nitrogens with one attached hydrogen (secondary N) is 1. The molecule has 0 spiro atoms. The quantitative estimate of drug-likeness (QED) is 0.850. The molecule has 1 aliphatic heterocycles. The number of H-pyrrole nitrogens is 1. The molecular formula is C15H17N3O.